The van der Waals surface area contributed by atoms with Gasteiger partial charge in [0.2, 0.25) is 0 Å². The van der Waals surface area contributed by atoms with Crippen LogP contribution in [-0.4, -0.2) is 9.49 Å². The Labute approximate surface area is 135 Å². The minimum Gasteiger partial charge on any atom is -0.113 e. The Morgan fingerprint density at radius 3 is 1.71 bits per heavy atom. The van der Waals surface area contributed by atoms with E-state index in [9.17, 15) is 0 Å². The second-order valence-electron chi connectivity index (χ2n) is 6.41. The maximum Gasteiger partial charge on any atom is 0.0618 e. The van der Waals surface area contributed by atoms with Crippen molar-refractivity contribution < 1.29 is 0 Å². The van der Waals surface area contributed by atoms with Crippen molar-refractivity contribution in [1.82, 2.24) is 0 Å². The van der Waals surface area contributed by atoms with Crippen LogP contribution in [-0.2, 0) is 0 Å². The smallest absolute Gasteiger partial charge is 0.0618 e. The van der Waals surface area contributed by atoms with E-state index in [1.54, 1.807) is 22.3 Å². The van der Waals surface area contributed by atoms with Crippen LogP contribution in [0.1, 0.15) is 33.1 Å². The Hall–Kier alpha value is -0.860. The summed E-state index contributed by atoms with van der Waals surface area (Å²) in [5.74, 6) is 0. The molecule has 0 nitrogen and oxygen atoms in total. The normalized spacial score (nSPS) is 37.0. The molecular weight excluding hydrogens is 292 g/mol. The first kappa shape index (κ1) is 13.8. The van der Waals surface area contributed by atoms with Gasteiger partial charge in [-0.3, -0.25) is 0 Å². The van der Waals surface area contributed by atoms with Crippen LogP contribution in [0.4, 0.5) is 0 Å². The second kappa shape index (κ2) is 4.33. The molecule has 1 saturated carbocycles. The van der Waals surface area contributed by atoms with Gasteiger partial charge in [0.1, 0.15) is 0 Å². The lowest BCUT2D eigenvalue weighted by atomic mass is 9.72. The predicted molar refractivity (Wildman–Crippen MR) is 96.5 cm³/mol. The summed E-state index contributed by atoms with van der Waals surface area (Å²) in [5, 5.41) is 0. The summed E-state index contributed by atoms with van der Waals surface area (Å²) >= 11 is 3.99. The van der Waals surface area contributed by atoms with E-state index in [0.717, 1.165) is 0 Å². The van der Waals surface area contributed by atoms with E-state index in [2.05, 4.69) is 39.2 Å². The van der Waals surface area contributed by atoms with E-state index < -0.39 is 0 Å². The fraction of sp³-hybridized carbons (Fsp3) is 0.368. The molecule has 0 saturated heterocycles. The molecule has 0 aromatic heterocycles. The lowest BCUT2D eigenvalue weighted by molar-refractivity contribution is 0.607. The average Bonchev–Trinajstić information content (AvgIpc) is 3.13. The van der Waals surface area contributed by atoms with Gasteiger partial charge in [-0.1, -0.05) is 25.3 Å². The highest BCUT2D eigenvalue weighted by molar-refractivity contribution is 8.09. The fourth-order valence-electron chi connectivity index (χ4n) is 4.20. The molecule has 0 aromatic rings. The number of thioether (sulfide) groups is 2. The van der Waals surface area contributed by atoms with Gasteiger partial charge in [-0.25, -0.2) is 0 Å². The molecular formula is C19H20S2. The number of rotatable bonds is 2. The van der Waals surface area contributed by atoms with Crippen molar-refractivity contribution in [3.05, 3.63) is 69.6 Å². The first-order valence-corrected chi connectivity index (χ1v) is 9.21. The lowest BCUT2D eigenvalue weighted by Crippen LogP contribution is -2.47. The Morgan fingerprint density at radius 2 is 1.33 bits per heavy atom. The number of allylic oxidation sites excluding steroid dienone is 6. The van der Waals surface area contributed by atoms with Gasteiger partial charge >= 0.3 is 0 Å². The van der Waals surface area contributed by atoms with Gasteiger partial charge in [0.05, 0.1) is 9.49 Å². The first-order valence-electron chi connectivity index (χ1n) is 7.57. The first-order chi connectivity index (χ1) is 10.0. The van der Waals surface area contributed by atoms with Crippen molar-refractivity contribution in [3.63, 3.8) is 0 Å². The number of hydrogen-bond acceptors (Lipinski definition) is 2. The molecule has 108 valence electrons. The van der Waals surface area contributed by atoms with E-state index >= 15 is 0 Å². The SMILES string of the molecule is C=CC1=CC2=C3CCCC3=C3C=C(C=C)S[C@]3(C)[C@@]2(C)S1. The maximum absolute atomic E-state index is 4.00. The van der Waals surface area contributed by atoms with E-state index in [4.69, 9.17) is 0 Å². The molecule has 2 aliphatic carbocycles. The molecule has 21 heavy (non-hydrogen) atoms. The number of fused-ring (bicyclic) bond motifs is 4. The van der Waals surface area contributed by atoms with Crippen LogP contribution in [0, 0.1) is 0 Å². The van der Waals surface area contributed by atoms with Gasteiger partial charge in [-0.05, 0) is 67.6 Å². The molecule has 4 rings (SSSR count). The molecule has 4 aliphatic rings. The zero-order chi connectivity index (χ0) is 14.8. The van der Waals surface area contributed by atoms with Crippen LogP contribution in [0.2, 0.25) is 0 Å². The van der Waals surface area contributed by atoms with Gasteiger partial charge in [0.15, 0.2) is 0 Å². The summed E-state index contributed by atoms with van der Waals surface area (Å²) in [4.78, 5) is 2.64. The Kier molecular flexibility index (Phi) is 2.84. The molecule has 0 aromatic carbocycles. The van der Waals surface area contributed by atoms with Gasteiger partial charge in [-0.2, -0.15) is 0 Å². The van der Waals surface area contributed by atoms with Crippen LogP contribution < -0.4 is 0 Å². The van der Waals surface area contributed by atoms with Crippen molar-refractivity contribution >= 4 is 23.5 Å². The predicted octanol–water partition coefficient (Wildman–Crippen LogP) is 5.93. The topological polar surface area (TPSA) is 0 Å². The monoisotopic (exact) mass is 312 g/mol. The van der Waals surface area contributed by atoms with Gasteiger partial charge < -0.3 is 0 Å². The fourth-order valence-corrected chi connectivity index (χ4v) is 7.11. The molecule has 0 spiro atoms. The van der Waals surface area contributed by atoms with Crippen molar-refractivity contribution in [3.8, 4) is 0 Å². The second-order valence-corrected chi connectivity index (χ2v) is 9.39. The average molecular weight is 313 g/mol. The number of hydrogen-bond donors (Lipinski definition) is 0. The van der Waals surface area contributed by atoms with Crippen LogP contribution in [0.5, 0.6) is 0 Å². The highest BCUT2D eigenvalue weighted by atomic mass is 32.2. The van der Waals surface area contributed by atoms with Crippen LogP contribution in [0.25, 0.3) is 0 Å². The summed E-state index contributed by atoms with van der Waals surface area (Å²) < 4.78 is 0.224. The molecule has 0 bridgehead atoms. The molecule has 2 atom stereocenters. The van der Waals surface area contributed by atoms with Crippen molar-refractivity contribution in [1.29, 1.82) is 0 Å². The standard InChI is InChI=1S/C19H20S2/c1-5-12-10-16-14-8-7-9-15(14)17-11-13(6-2)21-19(17,4)18(16,3)20-12/h5-6,10-11H,1-2,7-9H2,3-4H3/t18-,19-/m0/s1. The van der Waals surface area contributed by atoms with E-state index in [1.807, 2.05) is 35.7 Å². The molecule has 0 radical (unpaired) electrons. The van der Waals surface area contributed by atoms with Crippen LogP contribution >= 0.6 is 23.5 Å². The highest BCUT2D eigenvalue weighted by Crippen LogP contribution is 2.68. The zero-order valence-corrected chi connectivity index (χ0v) is 14.3. The van der Waals surface area contributed by atoms with E-state index in [-0.39, 0.29) is 9.49 Å². The molecule has 0 unspecified atom stereocenters. The third kappa shape index (κ3) is 1.55. The quantitative estimate of drug-likeness (QED) is 0.620. The Morgan fingerprint density at radius 1 is 0.905 bits per heavy atom. The molecule has 0 N–H and O–H groups in total. The molecule has 2 heteroatoms. The largest absolute Gasteiger partial charge is 0.113 e. The third-order valence-electron chi connectivity index (χ3n) is 5.43. The van der Waals surface area contributed by atoms with E-state index in [1.165, 1.54) is 29.1 Å². The summed E-state index contributed by atoms with van der Waals surface area (Å²) in [6.07, 6.45) is 12.6. The summed E-state index contributed by atoms with van der Waals surface area (Å²) in [5.41, 5.74) is 6.37. The molecule has 1 fully saturated rings. The van der Waals surface area contributed by atoms with Crippen molar-refractivity contribution in [2.24, 2.45) is 0 Å². The highest BCUT2D eigenvalue weighted by Gasteiger charge is 2.58. The molecule has 0 amide bonds. The minimum atomic E-state index is 0.112. The Bertz CT molecular complexity index is 641. The van der Waals surface area contributed by atoms with Gasteiger partial charge in [0, 0.05) is 9.81 Å². The van der Waals surface area contributed by atoms with Gasteiger partial charge in [-0.15, -0.1) is 23.5 Å². The summed E-state index contributed by atoms with van der Waals surface area (Å²) in [6.45, 7) is 12.8. The van der Waals surface area contributed by atoms with Crippen LogP contribution in [0.15, 0.2) is 69.6 Å². The van der Waals surface area contributed by atoms with Gasteiger partial charge in [0.25, 0.3) is 0 Å². The maximum atomic E-state index is 4.00. The third-order valence-corrected chi connectivity index (χ3v) is 8.67. The Balaban J connectivity index is 2.00. The van der Waals surface area contributed by atoms with Crippen molar-refractivity contribution in [2.45, 2.75) is 42.6 Å². The van der Waals surface area contributed by atoms with Crippen LogP contribution in [0.3, 0.4) is 0 Å². The molecule has 2 aliphatic heterocycles. The lowest BCUT2D eigenvalue weighted by Gasteiger charge is -2.47. The molecule has 2 heterocycles. The zero-order valence-electron chi connectivity index (χ0n) is 12.7. The summed E-state index contributed by atoms with van der Waals surface area (Å²) in [7, 11) is 0. The van der Waals surface area contributed by atoms with Crippen molar-refractivity contribution in [2.75, 3.05) is 0 Å². The van der Waals surface area contributed by atoms with E-state index in [0.29, 0.717) is 0 Å². The minimum absolute atomic E-state index is 0.112. The summed E-state index contributed by atoms with van der Waals surface area (Å²) in [6, 6.07) is 0.